The summed E-state index contributed by atoms with van der Waals surface area (Å²) in [5.41, 5.74) is 3.01. The smallest absolute Gasteiger partial charge is 0.267 e. The highest BCUT2D eigenvalue weighted by atomic mass is 16.2. The maximum atomic E-state index is 13.0. The normalized spacial score (nSPS) is 17.1. The quantitative estimate of drug-likeness (QED) is 0.670. The van der Waals surface area contributed by atoms with Crippen LogP contribution in [0.5, 0.6) is 0 Å². The maximum Gasteiger partial charge on any atom is 0.267 e. The minimum absolute atomic E-state index is 0.0188. The van der Waals surface area contributed by atoms with Crippen LogP contribution in [-0.2, 0) is 19.4 Å². The van der Waals surface area contributed by atoms with Gasteiger partial charge in [0.1, 0.15) is 0 Å². The summed E-state index contributed by atoms with van der Waals surface area (Å²) in [4.78, 5) is 27.4. The Morgan fingerprint density at radius 2 is 1.73 bits per heavy atom. The molecule has 1 amide bonds. The maximum absolute atomic E-state index is 13.0. The van der Waals surface area contributed by atoms with Crippen LogP contribution in [0.25, 0.3) is 10.8 Å². The Labute approximate surface area is 176 Å². The second-order valence-corrected chi connectivity index (χ2v) is 8.64. The SMILES string of the molecule is O=C(c1ccc2ccccc2c1)N1CCC(Cn2nc3c(cc2=O)CCCC3)CC1. The topological polar surface area (TPSA) is 55.2 Å². The van der Waals surface area contributed by atoms with Crippen LogP contribution in [0.1, 0.15) is 47.3 Å². The van der Waals surface area contributed by atoms with Crippen LogP contribution in [0.4, 0.5) is 0 Å². The second kappa shape index (κ2) is 8.05. The van der Waals surface area contributed by atoms with Crippen molar-refractivity contribution in [3.05, 3.63) is 75.7 Å². The number of hydrogen-bond donors (Lipinski definition) is 0. The van der Waals surface area contributed by atoms with Gasteiger partial charge >= 0.3 is 0 Å². The number of likely N-dealkylation sites (tertiary alicyclic amines) is 1. The molecule has 1 aromatic heterocycles. The highest BCUT2D eigenvalue weighted by molar-refractivity contribution is 5.98. The van der Waals surface area contributed by atoms with E-state index in [0.717, 1.165) is 79.2 Å². The number of hydrogen-bond acceptors (Lipinski definition) is 3. The number of benzene rings is 2. The molecule has 2 aromatic carbocycles. The third-order valence-electron chi connectivity index (χ3n) is 6.60. The van der Waals surface area contributed by atoms with Crippen LogP contribution >= 0.6 is 0 Å². The third kappa shape index (κ3) is 3.76. The average molecular weight is 402 g/mol. The predicted octanol–water partition coefficient (Wildman–Crippen LogP) is 3.83. The first kappa shape index (κ1) is 19.0. The molecule has 3 aromatic rings. The number of carbonyl (C=O) groups is 1. The monoisotopic (exact) mass is 401 g/mol. The number of carbonyl (C=O) groups excluding carboxylic acids is 1. The van der Waals surface area contributed by atoms with Gasteiger partial charge in [0.25, 0.3) is 11.5 Å². The van der Waals surface area contributed by atoms with Crippen LogP contribution in [-0.4, -0.2) is 33.7 Å². The van der Waals surface area contributed by atoms with Crippen molar-refractivity contribution in [1.29, 1.82) is 0 Å². The zero-order valence-corrected chi connectivity index (χ0v) is 17.2. The number of aromatic nitrogens is 2. The van der Waals surface area contributed by atoms with Crippen LogP contribution in [0.3, 0.4) is 0 Å². The largest absolute Gasteiger partial charge is 0.339 e. The van der Waals surface area contributed by atoms with Crippen molar-refractivity contribution in [3.8, 4) is 0 Å². The summed E-state index contributed by atoms with van der Waals surface area (Å²) in [5.74, 6) is 0.487. The highest BCUT2D eigenvalue weighted by Gasteiger charge is 2.25. The summed E-state index contributed by atoms with van der Waals surface area (Å²) in [7, 11) is 0. The molecule has 154 valence electrons. The molecule has 0 unspecified atom stereocenters. The molecule has 0 spiro atoms. The second-order valence-electron chi connectivity index (χ2n) is 8.64. The zero-order chi connectivity index (χ0) is 20.5. The van der Waals surface area contributed by atoms with E-state index in [9.17, 15) is 9.59 Å². The molecule has 0 N–H and O–H groups in total. The summed E-state index contributed by atoms with van der Waals surface area (Å²) in [5, 5.41) is 6.90. The van der Waals surface area contributed by atoms with E-state index >= 15 is 0 Å². The lowest BCUT2D eigenvalue weighted by Crippen LogP contribution is -2.40. The molecule has 5 nitrogen and oxygen atoms in total. The Morgan fingerprint density at radius 1 is 0.967 bits per heavy atom. The molecule has 0 saturated carbocycles. The minimum atomic E-state index is 0.0188. The van der Waals surface area contributed by atoms with Crippen molar-refractivity contribution in [2.75, 3.05) is 13.1 Å². The van der Waals surface area contributed by atoms with Gasteiger partial charge in [-0.15, -0.1) is 0 Å². The van der Waals surface area contributed by atoms with Crippen molar-refractivity contribution >= 4 is 16.7 Å². The molecule has 2 aliphatic rings. The fraction of sp³-hybridized carbons (Fsp3) is 0.400. The molecule has 1 fully saturated rings. The molecule has 1 aliphatic carbocycles. The molecule has 0 atom stereocenters. The fourth-order valence-electron chi connectivity index (χ4n) is 4.80. The zero-order valence-electron chi connectivity index (χ0n) is 17.2. The van der Waals surface area contributed by atoms with Crippen LogP contribution in [0.2, 0.25) is 0 Å². The Kier molecular flexibility index (Phi) is 5.11. The van der Waals surface area contributed by atoms with E-state index in [2.05, 4.69) is 11.2 Å². The molecule has 5 heteroatoms. The van der Waals surface area contributed by atoms with Crippen LogP contribution in [0.15, 0.2) is 53.3 Å². The number of fused-ring (bicyclic) bond motifs is 2. The van der Waals surface area contributed by atoms with E-state index in [-0.39, 0.29) is 11.5 Å². The molecule has 5 rings (SSSR count). The van der Waals surface area contributed by atoms with Crippen molar-refractivity contribution in [2.24, 2.45) is 5.92 Å². The van der Waals surface area contributed by atoms with Gasteiger partial charge in [0.15, 0.2) is 0 Å². The Bertz CT molecular complexity index is 1140. The molecule has 0 radical (unpaired) electrons. The number of aryl methyl sites for hydroxylation is 2. The molecule has 1 aliphatic heterocycles. The van der Waals surface area contributed by atoms with Gasteiger partial charge in [0, 0.05) is 31.3 Å². The first-order valence-corrected chi connectivity index (χ1v) is 11.1. The van der Waals surface area contributed by atoms with Crippen molar-refractivity contribution in [3.63, 3.8) is 0 Å². The molecule has 1 saturated heterocycles. The number of rotatable bonds is 3. The van der Waals surface area contributed by atoms with Crippen molar-refractivity contribution in [2.45, 2.75) is 45.1 Å². The van der Waals surface area contributed by atoms with Gasteiger partial charge in [-0.25, -0.2) is 4.68 Å². The van der Waals surface area contributed by atoms with Crippen molar-refractivity contribution in [1.82, 2.24) is 14.7 Å². The summed E-state index contributed by atoms with van der Waals surface area (Å²) in [6.07, 6.45) is 6.09. The summed E-state index contributed by atoms with van der Waals surface area (Å²) in [6, 6.07) is 15.8. The molecular formula is C25H27N3O2. The van der Waals surface area contributed by atoms with Gasteiger partial charge in [-0.1, -0.05) is 30.3 Å². The molecule has 2 heterocycles. The Balaban J connectivity index is 1.24. The predicted molar refractivity (Wildman–Crippen MR) is 118 cm³/mol. The van der Waals surface area contributed by atoms with Gasteiger partial charge in [-0.2, -0.15) is 5.10 Å². The number of amides is 1. The Morgan fingerprint density at radius 3 is 2.57 bits per heavy atom. The third-order valence-corrected chi connectivity index (χ3v) is 6.60. The van der Waals surface area contributed by atoms with Gasteiger partial charge in [0.05, 0.1) is 5.69 Å². The lowest BCUT2D eigenvalue weighted by molar-refractivity contribution is 0.0680. The minimum Gasteiger partial charge on any atom is -0.339 e. The van der Waals surface area contributed by atoms with Crippen LogP contribution < -0.4 is 5.56 Å². The number of nitrogens with zero attached hydrogens (tertiary/aromatic N) is 3. The lowest BCUT2D eigenvalue weighted by atomic mass is 9.95. The highest BCUT2D eigenvalue weighted by Crippen LogP contribution is 2.23. The van der Waals surface area contributed by atoms with Crippen molar-refractivity contribution < 1.29 is 4.79 Å². The average Bonchev–Trinajstić information content (AvgIpc) is 2.79. The fourth-order valence-corrected chi connectivity index (χ4v) is 4.80. The van der Waals surface area contributed by atoms with Gasteiger partial charge in [-0.3, -0.25) is 9.59 Å². The molecular weight excluding hydrogens is 374 g/mol. The molecule has 0 bridgehead atoms. The van der Waals surface area contributed by atoms with E-state index in [1.807, 2.05) is 41.3 Å². The summed E-state index contributed by atoms with van der Waals surface area (Å²) in [6.45, 7) is 2.12. The van der Waals surface area contributed by atoms with Gasteiger partial charge < -0.3 is 4.90 Å². The number of piperidine rings is 1. The van der Waals surface area contributed by atoms with Gasteiger partial charge in [-0.05, 0) is 72.9 Å². The molecule has 30 heavy (non-hydrogen) atoms. The van der Waals surface area contributed by atoms with E-state index in [1.54, 1.807) is 10.7 Å². The lowest BCUT2D eigenvalue weighted by Gasteiger charge is -2.32. The van der Waals surface area contributed by atoms with E-state index in [1.165, 1.54) is 0 Å². The van der Waals surface area contributed by atoms with Crippen LogP contribution in [0, 0.1) is 5.92 Å². The first-order chi connectivity index (χ1) is 14.7. The van der Waals surface area contributed by atoms with E-state index in [0.29, 0.717) is 12.5 Å². The summed E-state index contributed by atoms with van der Waals surface area (Å²) < 4.78 is 1.66. The Hall–Kier alpha value is -2.95. The van der Waals surface area contributed by atoms with E-state index in [4.69, 9.17) is 0 Å². The summed E-state index contributed by atoms with van der Waals surface area (Å²) >= 11 is 0. The first-order valence-electron chi connectivity index (χ1n) is 11.1. The standard InChI is InChI=1S/C25H27N3O2/c29-24-16-21-7-3-4-8-23(21)26-28(24)17-18-11-13-27(14-12-18)25(30)22-10-9-19-5-1-2-6-20(19)15-22/h1-2,5-6,9-10,15-16,18H,3-4,7-8,11-14,17H2. The van der Waals surface area contributed by atoms with E-state index < -0.39 is 0 Å². The van der Waals surface area contributed by atoms with Gasteiger partial charge in [0.2, 0.25) is 0 Å².